The molecule has 2 aromatic carbocycles. The number of nitrogens with zero attached hydrogens (tertiary/aromatic N) is 1. The van der Waals surface area contributed by atoms with Gasteiger partial charge in [-0.3, -0.25) is 0 Å². The minimum absolute atomic E-state index is 0.167. The smallest absolute Gasteiger partial charge is 0.231 e. The first kappa shape index (κ1) is 13.7. The first-order chi connectivity index (χ1) is 10.2. The van der Waals surface area contributed by atoms with Crippen LogP contribution in [0.15, 0.2) is 34.8 Å². The van der Waals surface area contributed by atoms with Gasteiger partial charge < -0.3 is 14.8 Å². The Bertz CT molecular complexity index is 743. The quantitative estimate of drug-likeness (QED) is 0.916. The Hall–Kier alpha value is -2.26. The fraction of sp³-hybridized carbons (Fsp3) is 0.133. The van der Waals surface area contributed by atoms with E-state index >= 15 is 0 Å². The molecule has 0 fully saturated rings. The van der Waals surface area contributed by atoms with Crippen molar-refractivity contribution >= 4 is 21.6 Å². The van der Waals surface area contributed by atoms with Crippen LogP contribution in [0.25, 0.3) is 0 Å². The Kier molecular flexibility index (Phi) is 3.67. The third kappa shape index (κ3) is 2.65. The summed E-state index contributed by atoms with van der Waals surface area (Å²) >= 11 is 3.08. The molecule has 0 saturated carbocycles. The third-order valence-electron chi connectivity index (χ3n) is 3.12. The number of rotatable bonds is 3. The molecule has 0 aliphatic carbocycles. The number of nitriles is 1. The monoisotopic (exact) mass is 348 g/mol. The Morgan fingerprint density at radius 1 is 1.24 bits per heavy atom. The van der Waals surface area contributed by atoms with Crippen molar-refractivity contribution in [3.05, 3.63) is 51.7 Å². The van der Waals surface area contributed by atoms with Crippen molar-refractivity contribution in [2.45, 2.75) is 6.54 Å². The van der Waals surface area contributed by atoms with Crippen molar-refractivity contribution in [3.63, 3.8) is 0 Å². The molecule has 1 N–H and O–H groups in total. The third-order valence-corrected chi connectivity index (χ3v) is 3.90. The number of hydrogen-bond donors (Lipinski definition) is 1. The van der Waals surface area contributed by atoms with Crippen LogP contribution >= 0.6 is 15.9 Å². The van der Waals surface area contributed by atoms with Crippen molar-refractivity contribution in [2.75, 3.05) is 12.1 Å². The summed E-state index contributed by atoms with van der Waals surface area (Å²) in [6.07, 6.45) is 0. The van der Waals surface area contributed by atoms with Crippen LogP contribution in [0.1, 0.15) is 11.1 Å². The Balaban J connectivity index is 1.76. The zero-order chi connectivity index (χ0) is 14.8. The molecule has 4 nitrogen and oxygen atoms in total. The van der Waals surface area contributed by atoms with Crippen molar-refractivity contribution in [1.29, 1.82) is 5.26 Å². The van der Waals surface area contributed by atoms with Gasteiger partial charge >= 0.3 is 0 Å². The predicted molar refractivity (Wildman–Crippen MR) is 78.7 cm³/mol. The highest BCUT2D eigenvalue weighted by atomic mass is 79.9. The lowest BCUT2D eigenvalue weighted by Gasteiger charge is -2.10. The molecule has 0 aromatic heterocycles. The molecule has 2 aromatic rings. The van der Waals surface area contributed by atoms with E-state index in [2.05, 4.69) is 21.2 Å². The maximum atomic E-state index is 14.1. The lowest BCUT2D eigenvalue weighted by molar-refractivity contribution is 0.174. The molecule has 0 amide bonds. The number of halogens is 2. The van der Waals surface area contributed by atoms with Crippen molar-refractivity contribution in [1.82, 2.24) is 0 Å². The summed E-state index contributed by atoms with van der Waals surface area (Å²) in [5, 5.41) is 11.8. The number of benzene rings is 2. The highest BCUT2D eigenvalue weighted by molar-refractivity contribution is 9.10. The van der Waals surface area contributed by atoms with Gasteiger partial charge in [0.2, 0.25) is 6.79 Å². The average Bonchev–Trinajstić information content (AvgIpc) is 2.96. The van der Waals surface area contributed by atoms with E-state index in [9.17, 15) is 4.39 Å². The molecule has 0 bridgehead atoms. The van der Waals surface area contributed by atoms with Crippen LogP contribution in [0.2, 0.25) is 0 Å². The van der Waals surface area contributed by atoms with Gasteiger partial charge in [0, 0.05) is 6.54 Å². The van der Waals surface area contributed by atoms with Gasteiger partial charge in [-0.15, -0.1) is 0 Å². The normalized spacial score (nSPS) is 12.0. The fourth-order valence-corrected chi connectivity index (χ4v) is 2.45. The molecule has 0 atom stereocenters. The standard InChI is InChI=1S/C15H10BrFN2O2/c16-14-10(6-18)2-3-11(15(14)17)19-7-9-1-4-12-13(5-9)21-8-20-12/h1-5,19H,7-8H2. The first-order valence-corrected chi connectivity index (χ1v) is 6.99. The average molecular weight is 349 g/mol. The molecular weight excluding hydrogens is 339 g/mol. The maximum Gasteiger partial charge on any atom is 0.231 e. The van der Waals surface area contributed by atoms with Crippen molar-refractivity contribution in [3.8, 4) is 17.6 Å². The maximum absolute atomic E-state index is 14.1. The van der Waals surface area contributed by atoms with Crippen LogP contribution in [0.3, 0.4) is 0 Å². The molecule has 3 rings (SSSR count). The summed E-state index contributed by atoms with van der Waals surface area (Å²) in [5.74, 6) is 0.927. The highest BCUT2D eigenvalue weighted by Gasteiger charge is 2.14. The number of hydrogen-bond acceptors (Lipinski definition) is 4. The molecule has 1 aliphatic rings. The first-order valence-electron chi connectivity index (χ1n) is 6.19. The van der Waals surface area contributed by atoms with E-state index in [1.165, 1.54) is 0 Å². The van der Waals surface area contributed by atoms with Crippen molar-refractivity contribution < 1.29 is 13.9 Å². The van der Waals surface area contributed by atoms with Gasteiger partial charge in [0.25, 0.3) is 0 Å². The summed E-state index contributed by atoms with van der Waals surface area (Å²) in [5.41, 5.74) is 1.54. The number of anilines is 1. The number of fused-ring (bicyclic) bond motifs is 1. The van der Waals surface area contributed by atoms with Gasteiger partial charge in [0.05, 0.1) is 15.7 Å². The summed E-state index contributed by atoms with van der Waals surface area (Å²) in [6.45, 7) is 0.662. The molecule has 1 aliphatic heterocycles. The van der Waals surface area contributed by atoms with E-state index in [1.807, 2.05) is 24.3 Å². The van der Waals surface area contributed by atoms with Crippen LogP contribution in [-0.2, 0) is 6.54 Å². The van der Waals surface area contributed by atoms with E-state index in [1.54, 1.807) is 12.1 Å². The summed E-state index contributed by atoms with van der Waals surface area (Å²) in [6, 6.07) is 10.6. The Labute approximate surface area is 129 Å². The number of nitrogens with one attached hydrogen (secondary N) is 1. The second-order valence-electron chi connectivity index (χ2n) is 4.44. The second-order valence-corrected chi connectivity index (χ2v) is 5.23. The van der Waals surface area contributed by atoms with Gasteiger partial charge in [-0.2, -0.15) is 5.26 Å². The zero-order valence-corrected chi connectivity index (χ0v) is 12.4. The lowest BCUT2D eigenvalue weighted by atomic mass is 10.1. The molecule has 106 valence electrons. The fourth-order valence-electron chi connectivity index (χ4n) is 2.02. The van der Waals surface area contributed by atoms with E-state index < -0.39 is 5.82 Å². The van der Waals surface area contributed by atoms with Gasteiger partial charge in [-0.05, 0) is 45.8 Å². The second kappa shape index (κ2) is 5.62. The van der Waals surface area contributed by atoms with Gasteiger partial charge in [-0.1, -0.05) is 6.07 Å². The minimum Gasteiger partial charge on any atom is -0.454 e. The molecule has 1 heterocycles. The predicted octanol–water partition coefficient (Wildman–Crippen LogP) is 3.80. The molecule has 6 heteroatoms. The molecule has 0 spiro atoms. The molecule has 0 saturated heterocycles. The van der Waals surface area contributed by atoms with E-state index in [4.69, 9.17) is 14.7 Å². The largest absolute Gasteiger partial charge is 0.454 e. The van der Waals surface area contributed by atoms with Crippen LogP contribution in [-0.4, -0.2) is 6.79 Å². The Morgan fingerprint density at radius 2 is 2.05 bits per heavy atom. The van der Waals surface area contributed by atoms with Crippen LogP contribution < -0.4 is 14.8 Å². The van der Waals surface area contributed by atoms with Crippen LogP contribution in [0.5, 0.6) is 11.5 Å². The topological polar surface area (TPSA) is 54.3 Å². The zero-order valence-electron chi connectivity index (χ0n) is 10.8. The SMILES string of the molecule is N#Cc1ccc(NCc2ccc3c(c2)OCO3)c(F)c1Br. The molecule has 0 unspecified atom stereocenters. The van der Waals surface area contributed by atoms with Gasteiger partial charge in [0.1, 0.15) is 6.07 Å². The lowest BCUT2D eigenvalue weighted by Crippen LogP contribution is -2.02. The Morgan fingerprint density at radius 3 is 2.86 bits per heavy atom. The van der Waals surface area contributed by atoms with E-state index in [0.29, 0.717) is 23.7 Å². The summed E-state index contributed by atoms with van der Waals surface area (Å²) in [7, 11) is 0. The van der Waals surface area contributed by atoms with Crippen LogP contribution in [0, 0.1) is 17.1 Å². The van der Waals surface area contributed by atoms with Crippen molar-refractivity contribution in [2.24, 2.45) is 0 Å². The minimum atomic E-state index is -0.477. The summed E-state index contributed by atoms with van der Waals surface area (Å²) < 4.78 is 24.8. The molecule has 0 radical (unpaired) electrons. The van der Waals surface area contributed by atoms with E-state index in [-0.39, 0.29) is 16.8 Å². The summed E-state index contributed by atoms with van der Waals surface area (Å²) in [4.78, 5) is 0. The van der Waals surface area contributed by atoms with E-state index in [0.717, 1.165) is 5.56 Å². The van der Waals surface area contributed by atoms with Gasteiger partial charge in [-0.25, -0.2) is 4.39 Å². The molecular formula is C15H10BrFN2O2. The van der Waals surface area contributed by atoms with Crippen LogP contribution in [0.4, 0.5) is 10.1 Å². The molecule has 21 heavy (non-hydrogen) atoms. The van der Waals surface area contributed by atoms with Gasteiger partial charge in [0.15, 0.2) is 17.3 Å². The highest BCUT2D eigenvalue weighted by Crippen LogP contribution is 2.33. The number of ether oxygens (including phenoxy) is 2.